The Bertz CT molecular complexity index is 973. The van der Waals surface area contributed by atoms with Crippen molar-refractivity contribution in [1.29, 1.82) is 0 Å². The van der Waals surface area contributed by atoms with Crippen molar-refractivity contribution in [3.05, 3.63) is 77.4 Å². The quantitative estimate of drug-likeness (QED) is 0.761. The minimum Gasteiger partial charge on any atom is -0.324 e. The van der Waals surface area contributed by atoms with E-state index in [9.17, 15) is 4.79 Å². The Kier molecular flexibility index (Phi) is 4.01. The molecule has 0 radical (unpaired) electrons. The van der Waals surface area contributed by atoms with Crippen molar-refractivity contribution < 1.29 is 4.79 Å². The SMILES string of the molecule is CC(=O)Nc1nc2n(n1)[C@H](c1ccc(C)cc1)C=C(c1ccccc1)N2. The van der Waals surface area contributed by atoms with Gasteiger partial charge in [-0.3, -0.25) is 10.1 Å². The van der Waals surface area contributed by atoms with E-state index >= 15 is 0 Å². The smallest absolute Gasteiger partial charge is 0.250 e. The van der Waals surface area contributed by atoms with Crippen LogP contribution >= 0.6 is 0 Å². The lowest BCUT2D eigenvalue weighted by Gasteiger charge is -2.24. The number of allylic oxidation sites excluding steroid dienone is 1. The van der Waals surface area contributed by atoms with E-state index in [0.717, 1.165) is 16.8 Å². The summed E-state index contributed by atoms with van der Waals surface area (Å²) < 4.78 is 1.79. The van der Waals surface area contributed by atoms with Gasteiger partial charge < -0.3 is 5.32 Å². The van der Waals surface area contributed by atoms with E-state index in [-0.39, 0.29) is 11.9 Å². The molecule has 2 heterocycles. The zero-order chi connectivity index (χ0) is 18.1. The van der Waals surface area contributed by atoms with Crippen LogP contribution in [0.4, 0.5) is 11.9 Å². The molecule has 26 heavy (non-hydrogen) atoms. The van der Waals surface area contributed by atoms with Crippen LogP contribution in [0.25, 0.3) is 5.70 Å². The number of nitrogens with one attached hydrogen (secondary N) is 2. The van der Waals surface area contributed by atoms with Gasteiger partial charge in [0.05, 0.1) is 0 Å². The molecule has 2 N–H and O–H groups in total. The molecule has 3 aromatic rings. The highest BCUT2D eigenvalue weighted by Gasteiger charge is 2.25. The second-order valence-corrected chi connectivity index (χ2v) is 6.31. The molecular weight excluding hydrogens is 326 g/mol. The molecular formula is C20H19N5O. The van der Waals surface area contributed by atoms with Crippen LogP contribution in [-0.2, 0) is 4.79 Å². The van der Waals surface area contributed by atoms with Gasteiger partial charge in [-0.15, -0.1) is 5.10 Å². The Hall–Kier alpha value is -3.41. The normalized spacial score (nSPS) is 15.6. The first-order valence-corrected chi connectivity index (χ1v) is 8.45. The van der Waals surface area contributed by atoms with Crippen LogP contribution in [-0.4, -0.2) is 20.7 Å². The molecule has 0 fully saturated rings. The molecule has 6 heteroatoms. The Morgan fingerprint density at radius 2 is 1.85 bits per heavy atom. The largest absolute Gasteiger partial charge is 0.324 e. The zero-order valence-electron chi connectivity index (χ0n) is 14.6. The zero-order valence-corrected chi connectivity index (χ0v) is 14.6. The van der Waals surface area contributed by atoms with Gasteiger partial charge in [-0.2, -0.15) is 4.98 Å². The monoisotopic (exact) mass is 345 g/mol. The number of carbonyl (C=O) groups excluding carboxylic acids is 1. The highest BCUT2D eigenvalue weighted by Crippen LogP contribution is 2.33. The fraction of sp³-hybridized carbons (Fsp3) is 0.150. The molecule has 1 aliphatic heterocycles. The number of rotatable bonds is 3. The van der Waals surface area contributed by atoms with E-state index in [1.165, 1.54) is 12.5 Å². The van der Waals surface area contributed by atoms with Gasteiger partial charge in [0, 0.05) is 12.6 Å². The van der Waals surface area contributed by atoms with Crippen LogP contribution < -0.4 is 10.6 Å². The standard InChI is InChI=1S/C20H19N5O/c1-13-8-10-16(11-9-13)18-12-17(15-6-4-3-5-7-15)22-20-23-19(21-14(2)26)24-25(18)20/h3-12,18H,1-2H3,(H2,21,22,23,24,26)/t18-/m0/s1. The number of anilines is 2. The molecule has 1 amide bonds. The van der Waals surface area contributed by atoms with Crippen LogP contribution in [0.2, 0.25) is 0 Å². The van der Waals surface area contributed by atoms with Crippen molar-refractivity contribution >= 4 is 23.5 Å². The molecule has 2 aromatic carbocycles. The summed E-state index contributed by atoms with van der Waals surface area (Å²) in [5.74, 6) is 0.691. The number of fused-ring (bicyclic) bond motifs is 1. The van der Waals surface area contributed by atoms with Gasteiger partial charge in [-0.1, -0.05) is 60.2 Å². The topological polar surface area (TPSA) is 71.8 Å². The molecule has 0 saturated carbocycles. The highest BCUT2D eigenvalue weighted by atomic mass is 16.1. The van der Waals surface area contributed by atoms with Gasteiger partial charge in [-0.25, -0.2) is 4.68 Å². The van der Waals surface area contributed by atoms with Crippen molar-refractivity contribution in [3.8, 4) is 0 Å². The Morgan fingerprint density at radius 3 is 2.54 bits per heavy atom. The highest BCUT2D eigenvalue weighted by molar-refractivity contribution is 5.87. The average Bonchev–Trinajstić information content (AvgIpc) is 3.04. The summed E-state index contributed by atoms with van der Waals surface area (Å²) in [4.78, 5) is 15.8. The third kappa shape index (κ3) is 3.09. The van der Waals surface area contributed by atoms with Crippen LogP contribution in [0.5, 0.6) is 0 Å². The Balaban J connectivity index is 1.80. The average molecular weight is 345 g/mol. The molecule has 1 atom stereocenters. The lowest BCUT2D eigenvalue weighted by atomic mass is 10.0. The molecule has 4 rings (SSSR count). The third-order valence-corrected chi connectivity index (χ3v) is 4.26. The number of amides is 1. The van der Waals surface area contributed by atoms with E-state index < -0.39 is 0 Å². The number of benzene rings is 2. The van der Waals surface area contributed by atoms with Gasteiger partial charge in [0.1, 0.15) is 6.04 Å². The first kappa shape index (κ1) is 16.1. The summed E-state index contributed by atoms with van der Waals surface area (Å²) in [6.07, 6.45) is 2.12. The molecule has 130 valence electrons. The van der Waals surface area contributed by atoms with Crippen molar-refractivity contribution in [2.24, 2.45) is 0 Å². The summed E-state index contributed by atoms with van der Waals surface area (Å²) in [6.45, 7) is 3.51. The maximum atomic E-state index is 11.4. The molecule has 6 nitrogen and oxygen atoms in total. The van der Waals surface area contributed by atoms with Gasteiger partial charge in [0.25, 0.3) is 5.95 Å². The van der Waals surface area contributed by atoms with Crippen molar-refractivity contribution in [2.75, 3.05) is 10.6 Å². The molecule has 0 saturated heterocycles. The van der Waals surface area contributed by atoms with Crippen LogP contribution in [0.15, 0.2) is 60.7 Å². The van der Waals surface area contributed by atoms with Crippen LogP contribution in [0.1, 0.15) is 29.7 Å². The van der Waals surface area contributed by atoms with Crippen molar-refractivity contribution in [1.82, 2.24) is 14.8 Å². The van der Waals surface area contributed by atoms with E-state index in [0.29, 0.717) is 11.9 Å². The first-order chi connectivity index (χ1) is 12.6. The molecule has 0 spiro atoms. The minimum atomic E-state index is -0.198. The fourth-order valence-corrected chi connectivity index (χ4v) is 2.99. The molecule has 0 aliphatic carbocycles. The number of aromatic nitrogens is 3. The third-order valence-electron chi connectivity index (χ3n) is 4.26. The van der Waals surface area contributed by atoms with Gasteiger partial charge in [-0.05, 0) is 24.1 Å². The number of aryl methyl sites for hydroxylation is 1. The number of hydrogen-bond donors (Lipinski definition) is 2. The molecule has 0 unspecified atom stereocenters. The summed E-state index contributed by atoms with van der Waals surface area (Å²) >= 11 is 0. The Labute approximate surface area is 151 Å². The number of carbonyl (C=O) groups is 1. The fourth-order valence-electron chi connectivity index (χ4n) is 2.99. The maximum Gasteiger partial charge on any atom is 0.250 e. The Morgan fingerprint density at radius 1 is 1.12 bits per heavy atom. The van der Waals surface area contributed by atoms with Gasteiger partial charge in [0.15, 0.2) is 0 Å². The summed E-state index contributed by atoms with van der Waals surface area (Å²) in [5, 5.41) is 10.4. The number of hydrogen-bond acceptors (Lipinski definition) is 4. The predicted molar refractivity (Wildman–Crippen MR) is 102 cm³/mol. The molecule has 1 aliphatic rings. The second-order valence-electron chi connectivity index (χ2n) is 6.31. The van der Waals surface area contributed by atoms with Gasteiger partial charge >= 0.3 is 0 Å². The second kappa shape index (κ2) is 6.48. The van der Waals surface area contributed by atoms with E-state index in [4.69, 9.17) is 0 Å². The van der Waals surface area contributed by atoms with Gasteiger partial charge in [0.2, 0.25) is 11.9 Å². The maximum absolute atomic E-state index is 11.4. The molecule has 1 aromatic heterocycles. The van der Waals surface area contributed by atoms with Crippen molar-refractivity contribution in [3.63, 3.8) is 0 Å². The van der Waals surface area contributed by atoms with Crippen molar-refractivity contribution in [2.45, 2.75) is 19.9 Å². The first-order valence-electron chi connectivity index (χ1n) is 8.45. The lowest BCUT2D eigenvalue weighted by molar-refractivity contribution is -0.114. The summed E-state index contributed by atoms with van der Waals surface area (Å²) in [7, 11) is 0. The van der Waals surface area contributed by atoms with E-state index in [1.807, 2.05) is 30.3 Å². The summed E-state index contributed by atoms with van der Waals surface area (Å²) in [6, 6.07) is 18.3. The molecule has 0 bridgehead atoms. The van der Waals surface area contributed by atoms with Crippen LogP contribution in [0.3, 0.4) is 0 Å². The predicted octanol–water partition coefficient (Wildman–Crippen LogP) is 3.60. The van der Waals surface area contributed by atoms with E-state index in [1.54, 1.807) is 4.68 Å². The minimum absolute atomic E-state index is 0.114. The lowest BCUT2D eigenvalue weighted by Crippen LogP contribution is -2.20. The van der Waals surface area contributed by atoms with Crippen LogP contribution in [0, 0.1) is 6.92 Å². The summed E-state index contributed by atoms with van der Waals surface area (Å²) in [5.41, 5.74) is 4.34. The number of nitrogens with zero attached hydrogens (tertiary/aromatic N) is 3. The van der Waals surface area contributed by atoms with E-state index in [2.05, 4.69) is 58.0 Å².